The molecule has 0 radical (unpaired) electrons. The van der Waals surface area contributed by atoms with Gasteiger partial charge < -0.3 is 14.4 Å². The Labute approximate surface area is 190 Å². The van der Waals surface area contributed by atoms with E-state index >= 15 is 0 Å². The zero-order chi connectivity index (χ0) is 20.7. The van der Waals surface area contributed by atoms with Crippen LogP contribution in [0.4, 0.5) is 0 Å². The largest absolute Gasteiger partial charge is 0.493 e. The Morgan fingerprint density at radius 1 is 0.733 bits per heavy atom. The second kappa shape index (κ2) is 16.0. The number of hydrogen-bond acceptors (Lipinski definition) is 3. The van der Waals surface area contributed by atoms with E-state index in [1.807, 2.05) is 12.1 Å². The second-order valence-corrected chi connectivity index (χ2v) is 7.72. The van der Waals surface area contributed by atoms with Gasteiger partial charge in [0.1, 0.15) is 0 Å². The predicted molar refractivity (Wildman–Crippen MR) is 130 cm³/mol. The molecule has 0 aliphatic heterocycles. The molecule has 2 rings (SSSR count). The van der Waals surface area contributed by atoms with E-state index in [0.29, 0.717) is 6.61 Å². The van der Waals surface area contributed by atoms with Crippen molar-refractivity contribution in [3.8, 4) is 11.5 Å². The fourth-order valence-electron chi connectivity index (χ4n) is 3.61. The van der Waals surface area contributed by atoms with Crippen molar-refractivity contribution >= 4 is 12.4 Å². The van der Waals surface area contributed by atoms with E-state index in [9.17, 15) is 0 Å². The standard InChI is InChI=1S/C26H39NO2.ClH/c1-4-6-7-11-19-27(18-5-2)20-16-24-14-15-25(28-3)26(22-24)29-21-17-23-12-9-8-10-13-23;/h8-10,12-15,22H,4-7,11,16-21H2,1-3H3;1H. The van der Waals surface area contributed by atoms with Gasteiger partial charge in [-0.3, -0.25) is 0 Å². The molecule has 3 nitrogen and oxygen atoms in total. The Balaban J connectivity index is 0.00000450. The molecule has 2 aromatic rings. The van der Waals surface area contributed by atoms with Crippen molar-refractivity contribution in [1.82, 2.24) is 4.90 Å². The van der Waals surface area contributed by atoms with Crippen LogP contribution in [0, 0.1) is 0 Å². The highest BCUT2D eigenvalue weighted by molar-refractivity contribution is 5.85. The van der Waals surface area contributed by atoms with E-state index in [-0.39, 0.29) is 12.4 Å². The molecule has 0 aliphatic carbocycles. The third-order valence-electron chi connectivity index (χ3n) is 5.30. The van der Waals surface area contributed by atoms with Crippen molar-refractivity contribution in [3.05, 3.63) is 59.7 Å². The Kier molecular flexibility index (Phi) is 14.1. The quantitative estimate of drug-likeness (QED) is 0.296. The summed E-state index contributed by atoms with van der Waals surface area (Å²) in [5.41, 5.74) is 2.61. The molecule has 0 fully saturated rings. The van der Waals surface area contributed by atoms with E-state index in [2.05, 4.69) is 55.1 Å². The van der Waals surface area contributed by atoms with Crippen LogP contribution in [-0.4, -0.2) is 38.3 Å². The molecule has 4 heteroatoms. The van der Waals surface area contributed by atoms with Gasteiger partial charge in [0.05, 0.1) is 13.7 Å². The van der Waals surface area contributed by atoms with Crippen LogP contribution in [0.5, 0.6) is 11.5 Å². The SMILES string of the molecule is CCCCCCN(CCC)CCc1ccc(OC)c(OCCc2ccccc2)c1.Cl. The fourth-order valence-corrected chi connectivity index (χ4v) is 3.61. The molecule has 0 N–H and O–H groups in total. The maximum atomic E-state index is 6.08. The first kappa shape index (κ1) is 26.3. The molecule has 0 unspecified atom stereocenters. The molecule has 0 heterocycles. The zero-order valence-corrected chi connectivity index (χ0v) is 19.9. The van der Waals surface area contributed by atoms with Gasteiger partial charge in [0.15, 0.2) is 11.5 Å². The molecule has 2 aromatic carbocycles. The third kappa shape index (κ3) is 9.86. The van der Waals surface area contributed by atoms with Crippen LogP contribution >= 0.6 is 12.4 Å². The lowest BCUT2D eigenvalue weighted by atomic mass is 10.1. The number of nitrogens with zero attached hydrogens (tertiary/aromatic N) is 1. The maximum Gasteiger partial charge on any atom is 0.161 e. The van der Waals surface area contributed by atoms with Gasteiger partial charge in [-0.25, -0.2) is 0 Å². The minimum absolute atomic E-state index is 0. The van der Waals surface area contributed by atoms with E-state index in [1.165, 1.54) is 56.3 Å². The second-order valence-electron chi connectivity index (χ2n) is 7.72. The van der Waals surface area contributed by atoms with E-state index in [4.69, 9.17) is 9.47 Å². The first-order valence-electron chi connectivity index (χ1n) is 11.3. The topological polar surface area (TPSA) is 21.7 Å². The van der Waals surface area contributed by atoms with E-state index in [1.54, 1.807) is 7.11 Å². The minimum Gasteiger partial charge on any atom is -0.493 e. The summed E-state index contributed by atoms with van der Waals surface area (Å²) in [7, 11) is 1.71. The number of hydrogen-bond donors (Lipinski definition) is 0. The van der Waals surface area contributed by atoms with E-state index in [0.717, 1.165) is 30.9 Å². The van der Waals surface area contributed by atoms with Gasteiger partial charge >= 0.3 is 0 Å². The molecular formula is C26H40ClNO2. The molecule has 168 valence electrons. The zero-order valence-electron chi connectivity index (χ0n) is 19.1. The lowest BCUT2D eigenvalue weighted by Crippen LogP contribution is -2.28. The number of unbranched alkanes of at least 4 members (excludes halogenated alkanes) is 3. The predicted octanol–water partition coefficient (Wildman–Crippen LogP) is 6.57. The smallest absolute Gasteiger partial charge is 0.161 e. The summed E-state index contributed by atoms with van der Waals surface area (Å²) in [5, 5.41) is 0. The van der Waals surface area contributed by atoms with Crippen LogP contribution in [0.3, 0.4) is 0 Å². The lowest BCUT2D eigenvalue weighted by Gasteiger charge is -2.22. The van der Waals surface area contributed by atoms with Crippen LogP contribution in [0.15, 0.2) is 48.5 Å². The summed E-state index contributed by atoms with van der Waals surface area (Å²) in [6, 6.07) is 16.8. The van der Waals surface area contributed by atoms with Gasteiger partial charge in [-0.2, -0.15) is 0 Å². The summed E-state index contributed by atoms with van der Waals surface area (Å²) in [4.78, 5) is 2.61. The summed E-state index contributed by atoms with van der Waals surface area (Å²) in [6.07, 6.45) is 8.46. The molecule has 30 heavy (non-hydrogen) atoms. The average molecular weight is 434 g/mol. The molecule has 0 amide bonds. The molecule has 0 aromatic heterocycles. The highest BCUT2D eigenvalue weighted by atomic mass is 35.5. The van der Waals surface area contributed by atoms with Crippen molar-refractivity contribution in [2.24, 2.45) is 0 Å². The van der Waals surface area contributed by atoms with Crippen molar-refractivity contribution in [2.45, 2.75) is 58.8 Å². The van der Waals surface area contributed by atoms with Crippen LogP contribution in [-0.2, 0) is 12.8 Å². The molecule has 0 saturated heterocycles. The van der Waals surface area contributed by atoms with Crippen LogP contribution in [0.1, 0.15) is 57.1 Å². The van der Waals surface area contributed by atoms with Crippen molar-refractivity contribution in [2.75, 3.05) is 33.4 Å². The van der Waals surface area contributed by atoms with Crippen molar-refractivity contribution < 1.29 is 9.47 Å². The van der Waals surface area contributed by atoms with Gasteiger partial charge in [0.2, 0.25) is 0 Å². The highest BCUT2D eigenvalue weighted by Crippen LogP contribution is 2.28. The van der Waals surface area contributed by atoms with Gasteiger partial charge in [0, 0.05) is 13.0 Å². The van der Waals surface area contributed by atoms with Crippen LogP contribution < -0.4 is 9.47 Å². The van der Waals surface area contributed by atoms with Gasteiger partial charge in [-0.05, 0) is 55.6 Å². The molecule has 0 saturated carbocycles. The first-order chi connectivity index (χ1) is 14.3. The Morgan fingerprint density at radius 2 is 1.53 bits per heavy atom. The summed E-state index contributed by atoms with van der Waals surface area (Å²) < 4.78 is 11.6. The monoisotopic (exact) mass is 433 g/mol. The van der Waals surface area contributed by atoms with Crippen LogP contribution in [0.25, 0.3) is 0 Å². The summed E-state index contributed by atoms with van der Waals surface area (Å²) in [6.45, 7) is 8.70. The summed E-state index contributed by atoms with van der Waals surface area (Å²) >= 11 is 0. The first-order valence-corrected chi connectivity index (χ1v) is 11.3. The highest BCUT2D eigenvalue weighted by Gasteiger charge is 2.09. The number of rotatable bonds is 15. The Hall–Kier alpha value is -1.71. The molecule has 0 atom stereocenters. The van der Waals surface area contributed by atoms with Crippen molar-refractivity contribution in [3.63, 3.8) is 0 Å². The molecule has 0 spiro atoms. The van der Waals surface area contributed by atoms with Gasteiger partial charge in [0.25, 0.3) is 0 Å². The summed E-state index contributed by atoms with van der Waals surface area (Å²) in [5.74, 6) is 1.66. The van der Waals surface area contributed by atoms with Crippen molar-refractivity contribution in [1.29, 1.82) is 0 Å². The molecule has 0 aliphatic rings. The molecule has 0 bridgehead atoms. The fraction of sp³-hybridized carbons (Fsp3) is 0.538. The Bertz CT molecular complexity index is 678. The number of benzene rings is 2. The maximum absolute atomic E-state index is 6.08. The van der Waals surface area contributed by atoms with Crippen LogP contribution in [0.2, 0.25) is 0 Å². The third-order valence-corrected chi connectivity index (χ3v) is 5.30. The normalized spacial score (nSPS) is 10.7. The van der Waals surface area contributed by atoms with Gasteiger partial charge in [-0.15, -0.1) is 12.4 Å². The number of ether oxygens (including phenoxy) is 2. The minimum atomic E-state index is 0. The van der Waals surface area contributed by atoms with Gasteiger partial charge in [-0.1, -0.05) is 69.5 Å². The number of halogens is 1. The average Bonchev–Trinajstić information content (AvgIpc) is 2.76. The molecular weight excluding hydrogens is 394 g/mol. The Morgan fingerprint density at radius 3 is 2.23 bits per heavy atom. The lowest BCUT2D eigenvalue weighted by molar-refractivity contribution is 0.270. The van der Waals surface area contributed by atoms with E-state index < -0.39 is 0 Å². The number of methoxy groups -OCH3 is 1.